The second-order valence-electron chi connectivity index (χ2n) is 9.61. The van der Waals surface area contributed by atoms with Crippen LogP contribution in [0.1, 0.15) is 38.8 Å². The zero-order valence-electron chi connectivity index (χ0n) is 23.7. The van der Waals surface area contributed by atoms with E-state index >= 15 is 0 Å². The molecule has 12 N–H and O–H groups in total. The average molecular weight is 629 g/mol. The van der Waals surface area contributed by atoms with Crippen LogP contribution in [0.15, 0.2) is 12.5 Å². The molecule has 0 saturated heterocycles. The Hall–Kier alpha value is -5.11. The van der Waals surface area contributed by atoms with Gasteiger partial charge in [0, 0.05) is 24.7 Å². The van der Waals surface area contributed by atoms with Crippen molar-refractivity contribution in [2.24, 2.45) is 5.73 Å². The number of carbonyl (C=O) groups excluding carboxylic acids is 5. The van der Waals surface area contributed by atoms with Crippen molar-refractivity contribution in [1.29, 1.82) is 0 Å². The number of aromatic nitrogens is 2. The lowest BCUT2D eigenvalue weighted by Crippen LogP contribution is -2.58. The summed E-state index contributed by atoms with van der Waals surface area (Å²) in [5.74, 6) is -9.11. The largest absolute Gasteiger partial charge is 0.481 e. The van der Waals surface area contributed by atoms with Crippen LogP contribution < -0.4 is 32.3 Å². The van der Waals surface area contributed by atoms with Crippen LogP contribution in [0, 0.1) is 0 Å². The van der Waals surface area contributed by atoms with Gasteiger partial charge in [0.05, 0.1) is 25.4 Å². The van der Waals surface area contributed by atoms with Gasteiger partial charge in [0.25, 0.3) is 0 Å². The molecule has 0 saturated carbocycles. The molecule has 1 aromatic heterocycles. The SMILES string of the molecule is C[C@H](NC(=O)CNC(=O)[C@H](Cc1cnc[nH]1)NC(=O)[C@H](CC(=O)O)NC(=O)[C@@H](N)[C@@H](C)O)C(=O)N[C@@H](CCC(=O)O)C(=O)O. The number of hydrogen-bond donors (Lipinski definition) is 11. The summed E-state index contributed by atoms with van der Waals surface area (Å²) < 4.78 is 0. The predicted molar refractivity (Wildman–Crippen MR) is 145 cm³/mol. The van der Waals surface area contributed by atoms with Gasteiger partial charge in [-0.05, 0) is 20.3 Å². The van der Waals surface area contributed by atoms with E-state index in [1.807, 2.05) is 0 Å². The fraction of sp³-hybridized carbons (Fsp3) is 0.542. The van der Waals surface area contributed by atoms with E-state index in [2.05, 4.69) is 36.6 Å². The highest BCUT2D eigenvalue weighted by Gasteiger charge is 2.31. The molecule has 244 valence electrons. The zero-order valence-corrected chi connectivity index (χ0v) is 23.7. The van der Waals surface area contributed by atoms with E-state index in [0.717, 1.165) is 0 Å². The van der Waals surface area contributed by atoms with Gasteiger partial charge in [0.1, 0.15) is 30.2 Å². The number of aliphatic hydroxyl groups excluding tert-OH is 1. The molecule has 0 unspecified atom stereocenters. The van der Waals surface area contributed by atoms with E-state index in [1.165, 1.54) is 26.4 Å². The highest BCUT2D eigenvalue weighted by molar-refractivity contribution is 5.96. The first-order valence-corrected chi connectivity index (χ1v) is 13.1. The van der Waals surface area contributed by atoms with Crippen LogP contribution in [-0.4, -0.2) is 121 Å². The first-order chi connectivity index (χ1) is 20.5. The summed E-state index contributed by atoms with van der Waals surface area (Å²) in [6.45, 7) is 1.71. The third kappa shape index (κ3) is 13.2. The molecule has 0 aliphatic heterocycles. The third-order valence-electron chi connectivity index (χ3n) is 5.90. The van der Waals surface area contributed by atoms with E-state index < -0.39 is 110 Å². The Morgan fingerprint density at radius 1 is 0.841 bits per heavy atom. The molecule has 0 bridgehead atoms. The minimum Gasteiger partial charge on any atom is -0.481 e. The van der Waals surface area contributed by atoms with E-state index in [4.69, 9.17) is 10.8 Å². The number of imidazole rings is 1. The highest BCUT2D eigenvalue weighted by Crippen LogP contribution is 2.03. The summed E-state index contributed by atoms with van der Waals surface area (Å²) in [4.78, 5) is 103. The number of carboxylic acid groups (broad SMARTS) is 3. The monoisotopic (exact) mass is 628 g/mol. The molecular formula is C24H36N8O12. The van der Waals surface area contributed by atoms with Crippen LogP contribution in [0.4, 0.5) is 0 Å². The third-order valence-corrected chi connectivity index (χ3v) is 5.90. The Balaban J connectivity index is 2.89. The lowest BCUT2D eigenvalue weighted by Gasteiger charge is -2.24. The summed E-state index contributed by atoms with van der Waals surface area (Å²) in [5.41, 5.74) is 5.89. The fourth-order valence-corrected chi connectivity index (χ4v) is 3.44. The Morgan fingerprint density at radius 3 is 1.98 bits per heavy atom. The quantitative estimate of drug-likeness (QED) is 0.0684. The Bertz CT molecular complexity index is 1210. The standard InChI is InChI=1S/C24H36N8O12/c1-10(20(39)30-13(24(43)44)3-4-17(35)36)29-16(34)8-27-21(40)14(5-12-7-26-9-28-12)31-22(41)15(6-18(37)38)32-23(42)19(25)11(2)33/h7,9-11,13-15,19,33H,3-6,8,25H2,1-2H3,(H,26,28)(H,27,40)(H,29,34)(H,30,39)(H,31,41)(H,32,42)(H,35,36)(H,37,38)(H,43,44)/t10-,11+,13-,14-,15-,19-/m0/s1. The molecule has 44 heavy (non-hydrogen) atoms. The average Bonchev–Trinajstić information content (AvgIpc) is 3.45. The number of nitrogens with zero attached hydrogens (tertiary/aromatic N) is 1. The fourth-order valence-electron chi connectivity index (χ4n) is 3.44. The summed E-state index contributed by atoms with van der Waals surface area (Å²) in [7, 11) is 0. The Labute approximate surface area is 249 Å². The first-order valence-electron chi connectivity index (χ1n) is 13.1. The van der Waals surface area contributed by atoms with Crippen molar-refractivity contribution in [2.45, 2.75) is 75.8 Å². The van der Waals surface area contributed by atoms with E-state index in [9.17, 15) is 53.7 Å². The van der Waals surface area contributed by atoms with Crippen molar-refractivity contribution in [2.75, 3.05) is 6.54 Å². The smallest absolute Gasteiger partial charge is 0.326 e. The summed E-state index contributed by atoms with van der Waals surface area (Å²) in [6, 6.07) is -7.43. The van der Waals surface area contributed by atoms with Crippen LogP contribution in [0.5, 0.6) is 0 Å². The molecule has 5 amide bonds. The number of rotatable bonds is 19. The number of amides is 5. The molecular weight excluding hydrogens is 592 g/mol. The lowest BCUT2D eigenvalue weighted by atomic mass is 10.1. The maximum Gasteiger partial charge on any atom is 0.326 e. The van der Waals surface area contributed by atoms with Crippen molar-refractivity contribution < 1.29 is 58.8 Å². The van der Waals surface area contributed by atoms with Crippen LogP contribution in [-0.2, 0) is 44.8 Å². The highest BCUT2D eigenvalue weighted by atomic mass is 16.4. The van der Waals surface area contributed by atoms with E-state index in [-0.39, 0.29) is 6.42 Å². The molecule has 1 aromatic rings. The maximum absolute atomic E-state index is 13.0. The number of nitrogens with two attached hydrogens (primary N) is 1. The molecule has 0 aromatic carbocycles. The van der Waals surface area contributed by atoms with Gasteiger partial charge in [0.2, 0.25) is 29.5 Å². The van der Waals surface area contributed by atoms with Crippen molar-refractivity contribution in [3.05, 3.63) is 18.2 Å². The lowest BCUT2D eigenvalue weighted by molar-refractivity contribution is -0.143. The van der Waals surface area contributed by atoms with Crippen LogP contribution in [0.25, 0.3) is 0 Å². The van der Waals surface area contributed by atoms with Crippen molar-refractivity contribution in [1.82, 2.24) is 36.6 Å². The molecule has 0 fully saturated rings. The van der Waals surface area contributed by atoms with Crippen molar-refractivity contribution >= 4 is 47.4 Å². The predicted octanol–water partition coefficient (Wildman–Crippen LogP) is -4.84. The second-order valence-corrected chi connectivity index (χ2v) is 9.61. The van der Waals surface area contributed by atoms with Crippen LogP contribution >= 0.6 is 0 Å². The van der Waals surface area contributed by atoms with Gasteiger partial charge in [-0.25, -0.2) is 9.78 Å². The molecule has 0 aliphatic rings. The Kier molecular flexibility index (Phi) is 14.9. The number of aliphatic carboxylic acids is 3. The van der Waals surface area contributed by atoms with Crippen LogP contribution in [0.3, 0.4) is 0 Å². The van der Waals surface area contributed by atoms with Crippen molar-refractivity contribution in [3.8, 4) is 0 Å². The number of carbonyl (C=O) groups is 8. The van der Waals surface area contributed by atoms with Gasteiger partial charge in [-0.15, -0.1) is 0 Å². The normalized spacial score (nSPS) is 14.8. The first kappa shape index (κ1) is 36.9. The summed E-state index contributed by atoms with van der Waals surface area (Å²) in [6.07, 6.45) is -0.750. The van der Waals surface area contributed by atoms with Gasteiger partial charge in [-0.3, -0.25) is 33.6 Å². The topological polar surface area (TPSA) is 332 Å². The van der Waals surface area contributed by atoms with Crippen molar-refractivity contribution in [3.63, 3.8) is 0 Å². The second kappa shape index (κ2) is 17.8. The molecule has 0 radical (unpaired) electrons. The molecule has 0 aliphatic carbocycles. The van der Waals surface area contributed by atoms with Crippen LogP contribution in [0.2, 0.25) is 0 Å². The molecule has 6 atom stereocenters. The zero-order chi connectivity index (χ0) is 33.6. The molecule has 20 nitrogen and oxygen atoms in total. The molecule has 20 heteroatoms. The number of aromatic amines is 1. The number of hydrogen-bond acceptors (Lipinski definition) is 11. The Morgan fingerprint density at radius 2 is 1.45 bits per heavy atom. The van der Waals surface area contributed by atoms with E-state index in [0.29, 0.717) is 5.69 Å². The summed E-state index contributed by atoms with van der Waals surface area (Å²) in [5, 5.41) is 47.6. The minimum atomic E-state index is -1.70. The summed E-state index contributed by atoms with van der Waals surface area (Å²) >= 11 is 0. The number of H-pyrrole nitrogens is 1. The number of carboxylic acids is 3. The van der Waals surface area contributed by atoms with Gasteiger partial charge in [-0.1, -0.05) is 0 Å². The molecule has 1 rings (SSSR count). The van der Waals surface area contributed by atoms with Gasteiger partial charge in [0.15, 0.2) is 0 Å². The maximum atomic E-state index is 13.0. The van der Waals surface area contributed by atoms with Gasteiger partial charge in [-0.2, -0.15) is 0 Å². The van der Waals surface area contributed by atoms with E-state index in [1.54, 1.807) is 0 Å². The van der Waals surface area contributed by atoms with Gasteiger partial charge < -0.3 is 57.7 Å². The molecule has 0 spiro atoms. The molecule has 1 heterocycles. The minimum absolute atomic E-state index is 0.216. The number of nitrogens with one attached hydrogen (secondary N) is 6. The number of aliphatic hydroxyl groups is 1. The van der Waals surface area contributed by atoms with Gasteiger partial charge >= 0.3 is 17.9 Å².